The van der Waals surface area contributed by atoms with Gasteiger partial charge >= 0.3 is 5.97 Å². The number of amides is 1. The molecule has 0 aliphatic heterocycles. The van der Waals surface area contributed by atoms with Crippen molar-refractivity contribution in [2.24, 2.45) is 0 Å². The van der Waals surface area contributed by atoms with E-state index in [1.165, 1.54) is 6.92 Å². The zero-order valence-corrected chi connectivity index (χ0v) is 9.36. The fourth-order valence-electron chi connectivity index (χ4n) is 1.52. The fourth-order valence-corrected chi connectivity index (χ4v) is 1.52. The van der Waals surface area contributed by atoms with Crippen LogP contribution in [0.5, 0.6) is 0 Å². The van der Waals surface area contributed by atoms with E-state index in [1.54, 1.807) is 0 Å². The van der Waals surface area contributed by atoms with Gasteiger partial charge in [-0.2, -0.15) is 0 Å². The number of likely N-dealkylation sites (N-methyl/N-ethyl adjacent to an activating group) is 1. The average Bonchev–Trinajstić information content (AvgIpc) is 2.31. The molecule has 1 rings (SSSR count). The minimum Gasteiger partial charge on any atom is -0.479 e. The van der Waals surface area contributed by atoms with Crippen LogP contribution in [0, 0.1) is 17.5 Å². The van der Waals surface area contributed by atoms with Crippen LogP contribution in [0.4, 0.5) is 13.2 Å². The van der Waals surface area contributed by atoms with Gasteiger partial charge < -0.3 is 10.0 Å². The molecular weight excluding hydrogens is 251 g/mol. The van der Waals surface area contributed by atoms with Crippen molar-refractivity contribution >= 4 is 12.4 Å². The standard InChI is InChI=1S/C11H10F3NO3/c1-2-15(5-16)10(11(17)18)6-3-8(13)9(14)4-7(6)12/h3-5,10H,2H2,1H3,(H,17,18). The van der Waals surface area contributed by atoms with Crippen molar-refractivity contribution < 1.29 is 27.9 Å². The van der Waals surface area contributed by atoms with Gasteiger partial charge in [-0.3, -0.25) is 4.79 Å². The SMILES string of the molecule is CCN(C=O)C(C(=O)O)c1cc(F)c(F)cc1F. The van der Waals surface area contributed by atoms with Crippen molar-refractivity contribution in [3.8, 4) is 0 Å². The maximum Gasteiger partial charge on any atom is 0.331 e. The molecule has 0 aromatic heterocycles. The van der Waals surface area contributed by atoms with Gasteiger partial charge in [-0.25, -0.2) is 18.0 Å². The van der Waals surface area contributed by atoms with Gasteiger partial charge in [-0.1, -0.05) is 0 Å². The van der Waals surface area contributed by atoms with Crippen LogP contribution in [-0.2, 0) is 9.59 Å². The van der Waals surface area contributed by atoms with E-state index in [0.717, 1.165) is 4.90 Å². The van der Waals surface area contributed by atoms with Gasteiger partial charge in [0.15, 0.2) is 17.7 Å². The van der Waals surface area contributed by atoms with E-state index < -0.39 is 35.0 Å². The summed E-state index contributed by atoms with van der Waals surface area (Å²) in [5.74, 6) is -5.55. The summed E-state index contributed by atoms with van der Waals surface area (Å²) in [6.45, 7) is 1.46. The maximum absolute atomic E-state index is 13.5. The van der Waals surface area contributed by atoms with Gasteiger partial charge in [0.2, 0.25) is 6.41 Å². The third-order valence-corrected chi connectivity index (χ3v) is 2.40. The number of aliphatic carboxylic acids is 1. The summed E-state index contributed by atoms with van der Waals surface area (Å²) >= 11 is 0. The molecule has 0 saturated carbocycles. The quantitative estimate of drug-likeness (QED) is 0.648. The van der Waals surface area contributed by atoms with Crippen molar-refractivity contribution in [3.63, 3.8) is 0 Å². The summed E-state index contributed by atoms with van der Waals surface area (Å²) in [5.41, 5.74) is -0.602. The Kier molecular flexibility index (Phi) is 4.30. The molecule has 1 N–H and O–H groups in total. The van der Waals surface area contributed by atoms with Crippen LogP contribution in [0.25, 0.3) is 0 Å². The first-order chi connectivity index (χ1) is 8.42. The topological polar surface area (TPSA) is 57.6 Å². The number of carboxylic acids is 1. The predicted octanol–water partition coefficient (Wildman–Crippen LogP) is 1.71. The second kappa shape index (κ2) is 5.52. The van der Waals surface area contributed by atoms with E-state index in [9.17, 15) is 22.8 Å². The Hall–Kier alpha value is -2.05. The summed E-state index contributed by atoms with van der Waals surface area (Å²) < 4.78 is 39.2. The molecule has 0 heterocycles. The molecule has 4 nitrogen and oxygen atoms in total. The Bertz CT molecular complexity index is 479. The second-order valence-corrected chi connectivity index (χ2v) is 3.46. The second-order valence-electron chi connectivity index (χ2n) is 3.46. The van der Waals surface area contributed by atoms with Crippen LogP contribution < -0.4 is 0 Å². The lowest BCUT2D eigenvalue weighted by molar-refractivity contribution is -0.146. The van der Waals surface area contributed by atoms with E-state index in [2.05, 4.69) is 0 Å². The molecule has 18 heavy (non-hydrogen) atoms. The number of benzene rings is 1. The monoisotopic (exact) mass is 261 g/mol. The number of hydrogen-bond donors (Lipinski definition) is 1. The number of carboxylic acid groups (broad SMARTS) is 1. The highest BCUT2D eigenvalue weighted by Crippen LogP contribution is 2.25. The third kappa shape index (κ3) is 2.61. The number of carbonyl (C=O) groups excluding carboxylic acids is 1. The summed E-state index contributed by atoms with van der Waals surface area (Å²) in [6, 6.07) is -1.00. The zero-order valence-electron chi connectivity index (χ0n) is 9.36. The molecular formula is C11H10F3NO3. The lowest BCUT2D eigenvalue weighted by atomic mass is 10.0. The van der Waals surface area contributed by atoms with Gasteiger partial charge in [0.05, 0.1) is 0 Å². The first kappa shape index (κ1) is 14.0. The Morgan fingerprint density at radius 2 is 1.89 bits per heavy atom. The number of halogens is 3. The summed E-state index contributed by atoms with van der Waals surface area (Å²) in [5, 5.41) is 8.96. The molecule has 98 valence electrons. The fraction of sp³-hybridized carbons (Fsp3) is 0.273. The Labute approximate surface area is 101 Å². The van der Waals surface area contributed by atoms with Crippen LogP contribution in [0.15, 0.2) is 12.1 Å². The van der Waals surface area contributed by atoms with Gasteiger partial charge in [0.1, 0.15) is 5.82 Å². The van der Waals surface area contributed by atoms with Crippen molar-refractivity contribution in [2.75, 3.05) is 6.54 Å². The predicted molar refractivity (Wildman–Crippen MR) is 55.1 cm³/mol. The molecule has 0 radical (unpaired) electrons. The number of nitrogens with zero attached hydrogens (tertiary/aromatic N) is 1. The normalized spacial score (nSPS) is 12.0. The van der Waals surface area contributed by atoms with E-state index >= 15 is 0 Å². The van der Waals surface area contributed by atoms with Crippen LogP contribution in [0.1, 0.15) is 18.5 Å². The molecule has 1 unspecified atom stereocenters. The third-order valence-electron chi connectivity index (χ3n) is 2.40. The highest BCUT2D eigenvalue weighted by molar-refractivity contribution is 5.78. The minimum atomic E-state index is -1.69. The summed E-state index contributed by atoms with van der Waals surface area (Å²) in [7, 11) is 0. The highest BCUT2D eigenvalue weighted by Gasteiger charge is 2.29. The molecule has 1 atom stereocenters. The Morgan fingerprint density at radius 1 is 1.33 bits per heavy atom. The largest absolute Gasteiger partial charge is 0.479 e. The Balaban J connectivity index is 3.34. The number of hydrogen-bond acceptors (Lipinski definition) is 2. The lowest BCUT2D eigenvalue weighted by Crippen LogP contribution is -2.33. The van der Waals surface area contributed by atoms with E-state index in [4.69, 9.17) is 5.11 Å². The lowest BCUT2D eigenvalue weighted by Gasteiger charge is -2.24. The first-order valence-corrected chi connectivity index (χ1v) is 5.00. The van der Waals surface area contributed by atoms with Gasteiger partial charge in [-0.15, -0.1) is 0 Å². The molecule has 0 fully saturated rings. The average molecular weight is 261 g/mol. The van der Waals surface area contributed by atoms with E-state index in [0.29, 0.717) is 6.07 Å². The van der Waals surface area contributed by atoms with Crippen LogP contribution >= 0.6 is 0 Å². The molecule has 7 heteroatoms. The van der Waals surface area contributed by atoms with Gasteiger partial charge in [-0.05, 0) is 13.0 Å². The summed E-state index contributed by atoms with van der Waals surface area (Å²) in [6.07, 6.45) is 0.208. The van der Waals surface area contributed by atoms with Gasteiger partial charge in [0.25, 0.3) is 0 Å². The minimum absolute atomic E-state index is 0.0150. The van der Waals surface area contributed by atoms with Crippen molar-refractivity contribution in [1.29, 1.82) is 0 Å². The first-order valence-electron chi connectivity index (χ1n) is 5.00. The number of carbonyl (C=O) groups is 2. The Morgan fingerprint density at radius 3 is 2.33 bits per heavy atom. The molecule has 1 aromatic rings. The highest BCUT2D eigenvalue weighted by atomic mass is 19.2. The van der Waals surface area contributed by atoms with Gasteiger partial charge in [0, 0.05) is 18.2 Å². The van der Waals surface area contributed by atoms with E-state index in [1.807, 2.05) is 0 Å². The smallest absolute Gasteiger partial charge is 0.331 e. The van der Waals surface area contributed by atoms with Crippen molar-refractivity contribution in [2.45, 2.75) is 13.0 Å². The number of rotatable bonds is 5. The van der Waals surface area contributed by atoms with Crippen LogP contribution in [-0.4, -0.2) is 28.9 Å². The molecule has 0 aliphatic carbocycles. The molecule has 0 saturated heterocycles. The maximum atomic E-state index is 13.5. The van der Waals surface area contributed by atoms with Crippen molar-refractivity contribution in [3.05, 3.63) is 35.1 Å². The molecule has 0 bridgehead atoms. The molecule has 0 spiro atoms. The van der Waals surface area contributed by atoms with Crippen molar-refractivity contribution in [1.82, 2.24) is 4.90 Å². The zero-order chi connectivity index (χ0) is 13.9. The summed E-state index contributed by atoms with van der Waals surface area (Å²) in [4.78, 5) is 22.5. The molecule has 1 amide bonds. The molecule has 1 aromatic carbocycles. The van der Waals surface area contributed by atoms with Crippen LogP contribution in [0.3, 0.4) is 0 Å². The molecule has 0 aliphatic rings. The van der Waals surface area contributed by atoms with Crippen LogP contribution in [0.2, 0.25) is 0 Å². The van der Waals surface area contributed by atoms with E-state index in [-0.39, 0.29) is 19.0 Å².